The minimum atomic E-state index is -0.531. The van der Waals surface area contributed by atoms with Gasteiger partial charge in [-0.15, -0.1) is 5.10 Å². The Labute approximate surface area is 150 Å². The molecule has 2 N–H and O–H groups in total. The third kappa shape index (κ3) is 5.56. The lowest BCUT2D eigenvalue weighted by Crippen LogP contribution is -2.42. The molecule has 0 fully saturated rings. The Morgan fingerprint density at radius 2 is 1.92 bits per heavy atom. The van der Waals surface area contributed by atoms with Crippen molar-refractivity contribution >= 4 is 23.7 Å². The fraction of sp³-hybridized carbons (Fsp3) is 0.438. The zero-order valence-corrected chi connectivity index (χ0v) is 15.5. The molecular weight excluding hydrogens is 340 g/mol. The summed E-state index contributed by atoms with van der Waals surface area (Å²) < 4.78 is 1.65. The van der Waals surface area contributed by atoms with Crippen LogP contribution in [0.25, 0.3) is 0 Å². The van der Waals surface area contributed by atoms with E-state index in [1.165, 1.54) is 11.8 Å². The summed E-state index contributed by atoms with van der Waals surface area (Å²) in [6.45, 7) is 7.95. The molecule has 0 aliphatic carbocycles. The average molecular weight is 362 g/mol. The molecule has 0 unspecified atom stereocenters. The molecule has 9 heteroatoms. The lowest BCUT2D eigenvalue weighted by molar-refractivity contribution is -0.119. The molecule has 0 saturated heterocycles. The zero-order chi connectivity index (χ0) is 18.4. The van der Waals surface area contributed by atoms with Gasteiger partial charge in [-0.1, -0.05) is 42.1 Å². The van der Waals surface area contributed by atoms with Gasteiger partial charge in [0.05, 0.1) is 10.8 Å². The van der Waals surface area contributed by atoms with Crippen molar-refractivity contribution in [1.82, 2.24) is 30.8 Å². The lowest BCUT2D eigenvalue weighted by atomic mass is 10.1. The summed E-state index contributed by atoms with van der Waals surface area (Å²) in [5, 5.41) is 16.5. The van der Waals surface area contributed by atoms with Gasteiger partial charge in [0.15, 0.2) is 0 Å². The van der Waals surface area contributed by atoms with Gasteiger partial charge in [0.1, 0.15) is 0 Å². The van der Waals surface area contributed by atoms with Crippen LogP contribution >= 0.6 is 11.8 Å². The molecule has 25 heavy (non-hydrogen) atoms. The fourth-order valence-corrected chi connectivity index (χ4v) is 2.90. The first-order valence-corrected chi connectivity index (χ1v) is 8.73. The maximum atomic E-state index is 12.2. The molecule has 1 aromatic carbocycles. The van der Waals surface area contributed by atoms with Crippen LogP contribution in [0.15, 0.2) is 35.5 Å². The van der Waals surface area contributed by atoms with Crippen LogP contribution in [0.3, 0.4) is 0 Å². The van der Waals surface area contributed by atoms with E-state index in [2.05, 4.69) is 26.2 Å². The van der Waals surface area contributed by atoms with Crippen LogP contribution < -0.4 is 10.6 Å². The Morgan fingerprint density at radius 3 is 2.56 bits per heavy atom. The molecule has 2 rings (SSSR count). The Morgan fingerprint density at radius 1 is 1.24 bits per heavy atom. The van der Waals surface area contributed by atoms with Crippen LogP contribution in [-0.4, -0.2) is 37.4 Å². The Kier molecular flexibility index (Phi) is 6.13. The number of aromatic nitrogens is 4. The number of rotatable bonds is 5. The van der Waals surface area contributed by atoms with Gasteiger partial charge in [-0.25, -0.2) is 9.48 Å². The predicted molar refractivity (Wildman–Crippen MR) is 95.0 cm³/mol. The molecule has 3 amide bonds. The number of nitrogens with zero attached hydrogens (tertiary/aromatic N) is 4. The topological polar surface area (TPSA) is 102 Å². The minimum absolute atomic E-state index is 0.297. The highest BCUT2D eigenvalue weighted by Gasteiger charge is 2.24. The van der Waals surface area contributed by atoms with Crippen molar-refractivity contribution in [2.45, 2.75) is 50.2 Å². The normalized spacial score (nSPS) is 12.5. The highest BCUT2D eigenvalue weighted by Crippen LogP contribution is 2.24. The zero-order valence-electron chi connectivity index (χ0n) is 14.7. The monoisotopic (exact) mass is 362 g/mol. The first kappa shape index (κ1) is 18.9. The van der Waals surface area contributed by atoms with Gasteiger partial charge in [-0.3, -0.25) is 10.1 Å². The average Bonchev–Trinajstić information content (AvgIpc) is 3.02. The molecule has 0 aliphatic rings. The van der Waals surface area contributed by atoms with Gasteiger partial charge in [0.25, 0.3) is 0 Å². The van der Waals surface area contributed by atoms with Crippen LogP contribution in [0.5, 0.6) is 0 Å². The molecule has 1 heterocycles. The van der Waals surface area contributed by atoms with Gasteiger partial charge in [-0.05, 0) is 43.7 Å². The predicted octanol–water partition coefficient (Wildman–Crippen LogP) is 1.93. The third-order valence-corrected chi connectivity index (χ3v) is 4.29. The molecule has 0 radical (unpaired) electrons. The van der Waals surface area contributed by atoms with E-state index in [4.69, 9.17) is 0 Å². The third-order valence-electron chi connectivity index (χ3n) is 3.26. The van der Waals surface area contributed by atoms with Crippen molar-refractivity contribution in [3.05, 3.63) is 35.9 Å². The summed E-state index contributed by atoms with van der Waals surface area (Å²) >= 11 is 1.20. The molecule has 0 saturated carbocycles. The van der Waals surface area contributed by atoms with Crippen molar-refractivity contribution in [1.29, 1.82) is 0 Å². The van der Waals surface area contributed by atoms with Crippen molar-refractivity contribution in [2.75, 3.05) is 0 Å². The van der Waals surface area contributed by atoms with E-state index in [-0.39, 0.29) is 5.54 Å². The van der Waals surface area contributed by atoms with Crippen molar-refractivity contribution < 1.29 is 9.59 Å². The molecular formula is C16H22N6O2S. The molecule has 8 nitrogen and oxygen atoms in total. The van der Waals surface area contributed by atoms with E-state index < -0.39 is 17.2 Å². The van der Waals surface area contributed by atoms with Crippen molar-refractivity contribution in [3.63, 3.8) is 0 Å². The number of hydrogen-bond donors (Lipinski definition) is 2. The van der Waals surface area contributed by atoms with E-state index in [0.717, 1.165) is 5.56 Å². The Hall–Kier alpha value is -2.42. The summed E-state index contributed by atoms with van der Waals surface area (Å²) in [6.07, 6.45) is 0. The van der Waals surface area contributed by atoms with Crippen LogP contribution in [0.2, 0.25) is 0 Å². The maximum Gasteiger partial charge on any atom is 0.321 e. The maximum absolute atomic E-state index is 12.2. The molecule has 134 valence electrons. The van der Waals surface area contributed by atoms with E-state index in [9.17, 15) is 9.59 Å². The Balaban J connectivity index is 1.86. The van der Waals surface area contributed by atoms with E-state index in [1.807, 2.05) is 51.1 Å². The van der Waals surface area contributed by atoms with Gasteiger partial charge in [0, 0.05) is 6.54 Å². The minimum Gasteiger partial charge on any atom is -0.334 e. The quantitative estimate of drug-likeness (QED) is 0.788. The van der Waals surface area contributed by atoms with Crippen LogP contribution in [0.1, 0.15) is 33.3 Å². The molecule has 0 bridgehead atoms. The van der Waals surface area contributed by atoms with Gasteiger partial charge >= 0.3 is 6.03 Å². The molecule has 1 atom stereocenters. The summed E-state index contributed by atoms with van der Waals surface area (Å²) in [5.41, 5.74) is 0.659. The lowest BCUT2D eigenvalue weighted by Gasteiger charge is -2.20. The summed E-state index contributed by atoms with van der Waals surface area (Å²) in [7, 11) is 0. The van der Waals surface area contributed by atoms with Crippen molar-refractivity contribution in [3.8, 4) is 0 Å². The number of amides is 3. The number of hydrogen-bond acceptors (Lipinski definition) is 6. The highest BCUT2D eigenvalue weighted by molar-refractivity contribution is 8.00. The van der Waals surface area contributed by atoms with E-state index >= 15 is 0 Å². The second-order valence-corrected chi connectivity index (χ2v) is 7.77. The van der Waals surface area contributed by atoms with Crippen molar-refractivity contribution in [2.24, 2.45) is 0 Å². The summed E-state index contributed by atoms with van der Waals surface area (Å²) in [5.74, 6) is -0.404. The van der Waals surface area contributed by atoms with E-state index in [0.29, 0.717) is 11.7 Å². The highest BCUT2D eigenvalue weighted by atomic mass is 32.2. The molecule has 1 aromatic heterocycles. The number of nitrogens with one attached hydrogen (secondary N) is 2. The number of carbonyl (C=O) groups excluding carboxylic acids is 2. The molecule has 2 aromatic rings. The van der Waals surface area contributed by atoms with Gasteiger partial charge in [0.2, 0.25) is 11.1 Å². The van der Waals surface area contributed by atoms with Crippen LogP contribution in [0.4, 0.5) is 4.79 Å². The first-order valence-electron chi connectivity index (χ1n) is 7.85. The number of benzene rings is 1. The standard InChI is InChI=1S/C16H22N6O2S/c1-11(25-15-19-20-21-22(15)16(2,3)4)13(23)18-14(24)17-10-12-8-6-5-7-9-12/h5-9,11H,10H2,1-4H3,(H2,17,18,23,24)/t11-/m1/s1. The van der Waals surface area contributed by atoms with Gasteiger partial charge < -0.3 is 5.32 Å². The summed E-state index contributed by atoms with van der Waals surface area (Å²) in [6, 6.07) is 8.93. The van der Waals surface area contributed by atoms with Gasteiger partial charge in [-0.2, -0.15) is 0 Å². The number of imide groups is 1. The fourth-order valence-electron chi connectivity index (χ4n) is 1.92. The van der Waals surface area contributed by atoms with Crippen LogP contribution in [0, 0.1) is 0 Å². The number of urea groups is 1. The number of carbonyl (C=O) groups is 2. The second kappa shape index (κ2) is 8.11. The smallest absolute Gasteiger partial charge is 0.321 e. The van der Waals surface area contributed by atoms with Crippen LogP contribution in [-0.2, 0) is 16.9 Å². The second-order valence-electron chi connectivity index (χ2n) is 6.46. The Bertz CT molecular complexity index is 726. The number of thioether (sulfide) groups is 1. The summed E-state index contributed by atoms with van der Waals surface area (Å²) in [4.78, 5) is 24.0. The SMILES string of the molecule is C[C@@H](Sc1nnnn1C(C)(C)C)C(=O)NC(=O)NCc1ccccc1. The molecule has 0 aliphatic heterocycles. The largest absolute Gasteiger partial charge is 0.334 e. The number of tetrazole rings is 1. The van der Waals surface area contributed by atoms with E-state index in [1.54, 1.807) is 11.6 Å². The molecule has 0 spiro atoms. The first-order chi connectivity index (χ1) is 11.8.